The van der Waals surface area contributed by atoms with E-state index in [4.69, 9.17) is 9.26 Å². The van der Waals surface area contributed by atoms with Gasteiger partial charge in [0, 0.05) is 8.81 Å². The molecular formula is C5H11O2P. The van der Waals surface area contributed by atoms with E-state index < -0.39 is 0 Å². The monoisotopic (exact) mass is 134 g/mol. The quantitative estimate of drug-likeness (QED) is 0.325. The maximum Gasteiger partial charge on any atom is 0.105 e. The lowest BCUT2D eigenvalue weighted by Gasteiger charge is -1.95. The summed E-state index contributed by atoms with van der Waals surface area (Å²) >= 11 is 0. The second kappa shape index (κ2) is 3.39. The molecule has 0 aromatic rings. The Morgan fingerprint density at radius 1 is 1.88 bits per heavy atom. The summed E-state index contributed by atoms with van der Waals surface area (Å²) in [6, 6.07) is 0. The molecule has 1 aliphatic heterocycles. The zero-order valence-corrected chi connectivity index (χ0v) is 6.02. The molecular weight excluding hydrogens is 123 g/mol. The van der Waals surface area contributed by atoms with Gasteiger partial charge in [-0.15, -0.1) is 0 Å². The SMILES string of the molecule is CCPOC[C@@H]1CO1. The van der Waals surface area contributed by atoms with E-state index in [1.807, 2.05) is 0 Å². The van der Waals surface area contributed by atoms with Crippen LogP contribution in [-0.4, -0.2) is 25.5 Å². The molecule has 1 saturated heterocycles. The van der Waals surface area contributed by atoms with Crippen LogP contribution in [0.25, 0.3) is 0 Å². The first-order valence-electron chi connectivity index (χ1n) is 2.89. The standard InChI is InChI=1S/C5H11O2P/c1-2-8-7-4-5-3-6-5/h5,8H,2-4H2,1H3/t5-/m0/s1. The van der Waals surface area contributed by atoms with E-state index in [-0.39, 0.29) is 0 Å². The van der Waals surface area contributed by atoms with Crippen molar-refractivity contribution in [2.24, 2.45) is 0 Å². The van der Waals surface area contributed by atoms with Crippen molar-refractivity contribution in [3.05, 3.63) is 0 Å². The van der Waals surface area contributed by atoms with Gasteiger partial charge in [-0.3, -0.25) is 0 Å². The fourth-order valence-electron chi connectivity index (χ4n) is 0.418. The Kier molecular flexibility index (Phi) is 2.74. The molecule has 1 aliphatic rings. The number of ether oxygens (including phenoxy) is 1. The first-order valence-corrected chi connectivity index (χ1v) is 4.01. The molecule has 2 nitrogen and oxygen atoms in total. The van der Waals surface area contributed by atoms with Crippen LogP contribution < -0.4 is 0 Å². The van der Waals surface area contributed by atoms with E-state index in [0.717, 1.165) is 19.4 Å². The van der Waals surface area contributed by atoms with Crippen LogP contribution in [0, 0.1) is 0 Å². The number of hydrogen-bond acceptors (Lipinski definition) is 2. The minimum absolute atomic E-state index is 0.439. The molecule has 2 atom stereocenters. The van der Waals surface area contributed by atoms with Crippen LogP contribution in [0.2, 0.25) is 0 Å². The first kappa shape index (κ1) is 6.47. The van der Waals surface area contributed by atoms with Gasteiger partial charge in [0.25, 0.3) is 0 Å². The Morgan fingerprint density at radius 2 is 2.62 bits per heavy atom. The predicted octanol–water partition coefficient (Wildman–Crippen LogP) is 1.02. The van der Waals surface area contributed by atoms with Gasteiger partial charge in [-0.2, -0.15) is 0 Å². The third-order valence-corrected chi connectivity index (χ3v) is 1.58. The molecule has 0 bridgehead atoms. The van der Waals surface area contributed by atoms with Gasteiger partial charge in [-0.05, 0) is 6.16 Å². The summed E-state index contributed by atoms with van der Waals surface area (Å²) in [5, 5.41) is 0. The highest BCUT2D eigenvalue weighted by atomic mass is 31.1. The lowest BCUT2D eigenvalue weighted by molar-refractivity contribution is 0.289. The highest BCUT2D eigenvalue weighted by Crippen LogP contribution is 2.16. The topological polar surface area (TPSA) is 21.8 Å². The van der Waals surface area contributed by atoms with Crippen molar-refractivity contribution < 1.29 is 9.26 Å². The van der Waals surface area contributed by atoms with Gasteiger partial charge in [-0.1, -0.05) is 6.92 Å². The van der Waals surface area contributed by atoms with Gasteiger partial charge in [-0.25, -0.2) is 0 Å². The van der Waals surface area contributed by atoms with E-state index in [0.29, 0.717) is 14.9 Å². The van der Waals surface area contributed by atoms with Crippen molar-refractivity contribution in [1.29, 1.82) is 0 Å². The molecule has 1 fully saturated rings. The van der Waals surface area contributed by atoms with Gasteiger partial charge in [0.05, 0.1) is 13.2 Å². The molecule has 48 valence electrons. The molecule has 3 heteroatoms. The second-order valence-corrected chi connectivity index (χ2v) is 3.05. The highest BCUT2D eigenvalue weighted by Gasteiger charge is 2.21. The van der Waals surface area contributed by atoms with Crippen molar-refractivity contribution in [3.8, 4) is 0 Å². The number of epoxide rings is 1. The highest BCUT2D eigenvalue weighted by molar-refractivity contribution is 7.32. The summed E-state index contributed by atoms with van der Waals surface area (Å²) in [5.41, 5.74) is 0. The van der Waals surface area contributed by atoms with E-state index >= 15 is 0 Å². The van der Waals surface area contributed by atoms with Gasteiger partial charge >= 0.3 is 0 Å². The van der Waals surface area contributed by atoms with Crippen molar-refractivity contribution in [1.82, 2.24) is 0 Å². The van der Waals surface area contributed by atoms with Crippen molar-refractivity contribution in [2.75, 3.05) is 19.4 Å². The molecule has 0 aliphatic carbocycles. The fourth-order valence-corrected chi connectivity index (χ4v) is 0.926. The van der Waals surface area contributed by atoms with Crippen LogP contribution in [0.4, 0.5) is 0 Å². The minimum Gasteiger partial charge on any atom is -0.371 e. The van der Waals surface area contributed by atoms with Crippen molar-refractivity contribution in [2.45, 2.75) is 13.0 Å². The van der Waals surface area contributed by atoms with Crippen LogP contribution in [0.1, 0.15) is 6.92 Å². The Hall–Kier alpha value is 0.350. The molecule has 0 aromatic heterocycles. The van der Waals surface area contributed by atoms with Crippen LogP contribution in [0.5, 0.6) is 0 Å². The van der Waals surface area contributed by atoms with Crippen LogP contribution >= 0.6 is 8.81 Å². The largest absolute Gasteiger partial charge is 0.371 e. The molecule has 0 spiro atoms. The summed E-state index contributed by atoms with van der Waals surface area (Å²) in [6.07, 6.45) is 1.57. The van der Waals surface area contributed by atoms with E-state index in [1.165, 1.54) is 0 Å². The van der Waals surface area contributed by atoms with E-state index in [2.05, 4.69) is 6.92 Å². The average Bonchev–Trinajstić information content (AvgIpc) is 2.51. The lowest BCUT2D eigenvalue weighted by atomic mass is 10.5. The molecule has 1 unspecified atom stereocenters. The summed E-state index contributed by atoms with van der Waals surface area (Å²) < 4.78 is 10.1. The van der Waals surface area contributed by atoms with Gasteiger partial charge in [0.2, 0.25) is 0 Å². The molecule has 0 aromatic carbocycles. The Balaban J connectivity index is 1.74. The zero-order chi connectivity index (χ0) is 5.82. The van der Waals surface area contributed by atoms with Gasteiger partial charge < -0.3 is 9.26 Å². The average molecular weight is 134 g/mol. The normalized spacial score (nSPS) is 27.4. The molecule has 0 saturated carbocycles. The summed E-state index contributed by atoms with van der Waals surface area (Å²) in [6.45, 7) is 3.84. The Morgan fingerprint density at radius 3 is 3.12 bits per heavy atom. The summed E-state index contributed by atoms with van der Waals surface area (Å²) in [5.74, 6) is 0. The predicted molar refractivity (Wildman–Crippen MR) is 34.5 cm³/mol. The Bertz CT molecular complexity index is 63.4. The van der Waals surface area contributed by atoms with E-state index in [9.17, 15) is 0 Å². The second-order valence-electron chi connectivity index (χ2n) is 1.76. The van der Waals surface area contributed by atoms with Crippen LogP contribution in [-0.2, 0) is 9.26 Å². The fraction of sp³-hybridized carbons (Fsp3) is 1.00. The number of rotatable bonds is 4. The van der Waals surface area contributed by atoms with E-state index in [1.54, 1.807) is 0 Å². The third-order valence-electron chi connectivity index (χ3n) is 0.918. The molecule has 0 radical (unpaired) electrons. The third kappa shape index (κ3) is 2.61. The van der Waals surface area contributed by atoms with Crippen molar-refractivity contribution >= 4 is 8.81 Å². The summed E-state index contributed by atoms with van der Waals surface area (Å²) in [7, 11) is 0.668. The molecule has 0 N–H and O–H groups in total. The maximum atomic E-state index is 5.21. The zero-order valence-electron chi connectivity index (χ0n) is 5.02. The molecule has 1 heterocycles. The molecule has 8 heavy (non-hydrogen) atoms. The van der Waals surface area contributed by atoms with Crippen LogP contribution in [0.15, 0.2) is 0 Å². The molecule has 0 amide bonds. The number of hydrogen-bond donors (Lipinski definition) is 0. The smallest absolute Gasteiger partial charge is 0.105 e. The van der Waals surface area contributed by atoms with Gasteiger partial charge in [0.1, 0.15) is 6.10 Å². The maximum absolute atomic E-state index is 5.21. The van der Waals surface area contributed by atoms with Crippen molar-refractivity contribution in [3.63, 3.8) is 0 Å². The van der Waals surface area contributed by atoms with Crippen LogP contribution in [0.3, 0.4) is 0 Å². The molecule has 1 rings (SSSR count). The summed E-state index contributed by atoms with van der Waals surface area (Å²) in [4.78, 5) is 0. The first-order chi connectivity index (χ1) is 3.93. The Labute approximate surface area is 51.4 Å². The van der Waals surface area contributed by atoms with Gasteiger partial charge in [0.15, 0.2) is 0 Å². The lowest BCUT2D eigenvalue weighted by Crippen LogP contribution is -1.93. The minimum atomic E-state index is 0.439.